The Labute approximate surface area is 338 Å². The van der Waals surface area contributed by atoms with Gasteiger partial charge in [-0.1, -0.05) is 194 Å². The molecule has 0 amide bonds. The first kappa shape index (κ1) is 38.8. The Kier molecular flexibility index (Phi) is 12.7. The van der Waals surface area contributed by atoms with Gasteiger partial charge in [-0.3, -0.25) is 9.59 Å². The average Bonchev–Trinajstić information content (AvgIpc) is 3.27. The zero-order chi connectivity index (χ0) is 40.1. The third-order valence-corrected chi connectivity index (χ3v) is 9.98. The summed E-state index contributed by atoms with van der Waals surface area (Å²) in [6.07, 6.45) is 3.87. The van der Waals surface area contributed by atoms with E-state index in [4.69, 9.17) is 9.47 Å². The maximum Gasteiger partial charge on any atom is 0.312 e. The predicted molar refractivity (Wildman–Crippen MR) is 229 cm³/mol. The molecule has 0 radical (unpaired) electrons. The molecule has 0 aromatic heterocycles. The van der Waals surface area contributed by atoms with E-state index in [1.165, 1.54) is 0 Å². The molecule has 0 unspecified atom stereocenters. The standard InChI is InChI=1S/2C23H18O3.C6H6/c2*24-23(25)22-18-13-7-8-14-19(18)26-20(15-16-9-3-1-4-10-16)21(22)17-11-5-2-6-12-17;1-2-4-6-5-3-1/h2*1-15,21-22H,(H,24,25);1-6H/b2*20-15-;/t2*21-,22-;/m10./s1. The van der Waals surface area contributed by atoms with Crippen molar-refractivity contribution in [2.75, 3.05) is 0 Å². The van der Waals surface area contributed by atoms with Crippen LogP contribution in [0.3, 0.4) is 0 Å². The van der Waals surface area contributed by atoms with Gasteiger partial charge in [-0.25, -0.2) is 0 Å². The van der Waals surface area contributed by atoms with E-state index in [2.05, 4.69) is 0 Å². The molecule has 0 bridgehead atoms. The van der Waals surface area contributed by atoms with Crippen LogP contribution in [0.5, 0.6) is 11.5 Å². The average molecular weight is 763 g/mol. The van der Waals surface area contributed by atoms with E-state index >= 15 is 0 Å². The van der Waals surface area contributed by atoms with Crippen molar-refractivity contribution < 1.29 is 29.3 Å². The number of allylic oxidation sites excluding steroid dienone is 2. The molecule has 6 heteroatoms. The van der Waals surface area contributed by atoms with Gasteiger partial charge in [-0.2, -0.15) is 0 Å². The van der Waals surface area contributed by atoms with Gasteiger partial charge in [0.2, 0.25) is 0 Å². The Balaban J connectivity index is 0.000000154. The van der Waals surface area contributed by atoms with Crippen LogP contribution >= 0.6 is 0 Å². The van der Waals surface area contributed by atoms with Crippen LogP contribution in [0, 0.1) is 0 Å². The highest BCUT2D eigenvalue weighted by Gasteiger charge is 2.41. The molecule has 0 saturated carbocycles. The highest BCUT2D eigenvalue weighted by atomic mass is 16.5. The van der Waals surface area contributed by atoms with E-state index in [1.54, 1.807) is 0 Å². The Morgan fingerprint density at radius 3 is 0.983 bits per heavy atom. The van der Waals surface area contributed by atoms with Crippen LogP contribution in [0.4, 0.5) is 0 Å². The molecule has 6 nitrogen and oxygen atoms in total. The quantitative estimate of drug-likeness (QED) is 0.175. The van der Waals surface area contributed by atoms with Crippen molar-refractivity contribution in [3.63, 3.8) is 0 Å². The van der Waals surface area contributed by atoms with Crippen molar-refractivity contribution in [1.82, 2.24) is 0 Å². The molecule has 2 N–H and O–H groups in total. The van der Waals surface area contributed by atoms with E-state index < -0.39 is 23.8 Å². The van der Waals surface area contributed by atoms with Crippen LogP contribution in [0.15, 0.2) is 218 Å². The molecule has 286 valence electrons. The summed E-state index contributed by atoms with van der Waals surface area (Å²) < 4.78 is 12.4. The number of carboxylic acid groups (broad SMARTS) is 2. The molecular weight excluding hydrogens is 721 g/mol. The largest absolute Gasteiger partial charge is 0.481 e. The second kappa shape index (κ2) is 18.9. The van der Waals surface area contributed by atoms with Crippen molar-refractivity contribution in [3.05, 3.63) is 251 Å². The second-order valence-corrected chi connectivity index (χ2v) is 13.8. The topological polar surface area (TPSA) is 93.1 Å². The molecule has 7 aromatic rings. The molecule has 58 heavy (non-hydrogen) atoms. The van der Waals surface area contributed by atoms with Crippen LogP contribution < -0.4 is 9.47 Å². The van der Waals surface area contributed by atoms with Crippen molar-refractivity contribution in [1.29, 1.82) is 0 Å². The monoisotopic (exact) mass is 762 g/mol. The van der Waals surface area contributed by atoms with Crippen molar-refractivity contribution in [2.45, 2.75) is 23.7 Å². The lowest BCUT2D eigenvalue weighted by Crippen LogP contribution is -2.28. The lowest BCUT2D eigenvalue weighted by molar-refractivity contribution is -0.140. The van der Waals surface area contributed by atoms with Gasteiger partial charge in [-0.05, 0) is 46.5 Å². The van der Waals surface area contributed by atoms with E-state index in [-0.39, 0.29) is 11.8 Å². The fraction of sp³-hybridized carbons (Fsp3) is 0.0769. The summed E-state index contributed by atoms with van der Waals surface area (Å²) >= 11 is 0. The number of rotatable bonds is 6. The van der Waals surface area contributed by atoms with Gasteiger partial charge >= 0.3 is 11.9 Å². The van der Waals surface area contributed by atoms with Gasteiger partial charge in [0.05, 0.1) is 23.7 Å². The second-order valence-electron chi connectivity index (χ2n) is 13.8. The third-order valence-electron chi connectivity index (χ3n) is 9.98. The Hall–Kier alpha value is -7.44. The molecule has 7 aromatic carbocycles. The fourth-order valence-electron chi connectivity index (χ4n) is 7.37. The minimum absolute atomic E-state index is 0.385. The third kappa shape index (κ3) is 9.32. The van der Waals surface area contributed by atoms with E-state index in [0.717, 1.165) is 22.3 Å². The van der Waals surface area contributed by atoms with E-state index in [9.17, 15) is 19.8 Å². The van der Waals surface area contributed by atoms with E-state index in [0.29, 0.717) is 34.1 Å². The van der Waals surface area contributed by atoms with Crippen molar-refractivity contribution >= 4 is 24.1 Å². The molecule has 4 atom stereocenters. The van der Waals surface area contributed by atoms with Crippen LogP contribution in [0.25, 0.3) is 12.2 Å². The van der Waals surface area contributed by atoms with Crippen molar-refractivity contribution in [3.8, 4) is 11.5 Å². The van der Waals surface area contributed by atoms with Crippen molar-refractivity contribution in [2.24, 2.45) is 0 Å². The highest BCUT2D eigenvalue weighted by Crippen LogP contribution is 2.49. The summed E-state index contributed by atoms with van der Waals surface area (Å²) in [6.45, 7) is 0. The Morgan fingerprint density at radius 1 is 0.379 bits per heavy atom. The number of hydrogen-bond acceptors (Lipinski definition) is 4. The van der Waals surface area contributed by atoms with Gasteiger partial charge in [0, 0.05) is 11.1 Å². The molecule has 0 aliphatic carbocycles. The lowest BCUT2D eigenvalue weighted by Gasteiger charge is -2.33. The summed E-state index contributed by atoms with van der Waals surface area (Å²) in [4.78, 5) is 24.4. The number of aliphatic carboxylic acids is 2. The number of carboxylic acids is 2. The molecule has 0 saturated heterocycles. The lowest BCUT2D eigenvalue weighted by atomic mass is 9.77. The number of fused-ring (bicyclic) bond motifs is 2. The summed E-state index contributed by atoms with van der Waals surface area (Å²) in [5.74, 6) is -1.37. The Morgan fingerprint density at radius 2 is 0.655 bits per heavy atom. The molecule has 2 aliphatic rings. The van der Waals surface area contributed by atoms with Gasteiger partial charge in [0.25, 0.3) is 0 Å². The first-order valence-corrected chi connectivity index (χ1v) is 19.1. The maximum absolute atomic E-state index is 12.2. The molecule has 9 rings (SSSR count). The molecule has 0 fully saturated rings. The number of benzene rings is 7. The number of para-hydroxylation sites is 2. The molecule has 2 aliphatic heterocycles. The summed E-state index contributed by atoms with van der Waals surface area (Å²) in [6, 6.07) is 65.8. The zero-order valence-corrected chi connectivity index (χ0v) is 31.6. The fourth-order valence-corrected chi connectivity index (χ4v) is 7.37. The number of hydrogen-bond donors (Lipinski definition) is 2. The Bertz CT molecular complexity index is 2280. The smallest absolute Gasteiger partial charge is 0.312 e. The van der Waals surface area contributed by atoms with Gasteiger partial charge in [-0.15, -0.1) is 0 Å². The van der Waals surface area contributed by atoms with Crippen LogP contribution in [-0.4, -0.2) is 22.2 Å². The van der Waals surface area contributed by atoms with Crippen LogP contribution in [0.2, 0.25) is 0 Å². The predicted octanol–water partition coefficient (Wildman–Crippen LogP) is 11.8. The normalized spacial score (nSPS) is 19.0. The van der Waals surface area contributed by atoms with Crippen LogP contribution in [0.1, 0.15) is 57.1 Å². The summed E-state index contributed by atoms with van der Waals surface area (Å²) in [5.41, 5.74) is 5.23. The minimum atomic E-state index is -0.853. The van der Waals surface area contributed by atoms with E-state index in [1.807, 2.05) is 218 Å². The first-order chi connectivity index (χ1) is 28.5. The highest BCUT2D eigenvalue weighted by molar-refractivity contribution is 5.82. The van der Waals surface area contributed by atoms with Gasteiger partial charge < -0.3 is 19.7 Å². The van der Waals surface area contributed by atoms with Crippen LogP contribution in [-0.2, 0) is 9.59 Å². The van der Waals surface area contributed by atoms with Gasteiger partial charge in [0.1, 0.15) is 23.0 Å². The zero-order valence-electron chi connectivity index (χ0n) is 31.6. The number of ether oxygens (including phenoxy) is 2. The summed E-state index contributed by atoms with van der Waals surface area (Å²) in [7, 11) is 0. The SMILES string of the molecule is O=C(O)[C@@H]1c2ccccc2O/C(=C\c2ccccc2)[C@H]1c1ccccc1.O=C(O)[C@H]1c2ccccc2O/C(=C\c2ccccc2)[C@@H]1c1ccccc1.c1ccccc1. The van der Waals surface area contributed by atoms with Gasteiger partial charge in [0.15, 0.2) is 0 Å². The first-order valence-electron chi connectivity index (χ1n) is 19.1. The number of carbonyl (C=O) groups is 2. The molecule has 0 spiro atoms. The minimum Gasteiger partial charge on any atom is -0.481 e. The maximum atomic E-state index is 12.2. The molecule has 2 heterocycles. The summed E-state index contributed by atoms with van der Waals surface area (Å²) in [5, 5.41) is 20.0. The molecular formula is C52H42O6.